The van der Waals surface area contributed by atoms with Gasteiger partial charge in [0.15, 0.2) is 18.1 Å². The second-order valence-corrected chi connectivity index (χ2v) is 8.12. The van der Waals surface area contributed by atoms with Gasteiger partial charge in [0.05, 0.1) is 5.56 Å². The highest BCUT2D eigenvalue weighted by Gasteiger charge is 2.30. The van der Waals surface area contributed by atoms with E-state index in [9.17, 15) is 9.59 Å². The Hall–Kier alpha value is -2.89. The number of ether oxygens (including phenoxy) is 2. The number of rotatable bonds is 5. The Morgan fingerprint density at radius 3 is 2.60 bits per heavy atom. The Bertz CT molecular complexity index is 1180. The molecule has 30 heavy (non-hydrogen) atoms. The van der Waals surface area contributed by atoms with E-state index in [1.54, 1.807) is 48.5 Å². The van der Waals surface area contributed by atoms with Crippen molar-refractivity contribution in [2.75, 3.05) is 6.61 Å². The number of ketones is 2. The van der Waals surface area contributed by atoms with Crippen LogP contribution >= 0.6 is 27.5 Å². The Morgan fingerprint density at radius 1 is 1.13 bits per heavy atom. The predicted octanol–water partition coefficient (Wildman–Crippen LogP) is 6.29. The average molecular weight is 484 g/mol. The van der Waals surface area contributed by atoms with Crippen LogP contribution in [0.4, 0.5) is 0 Å². The summed E-state index contributed by atoms with van der Waals surface area (Å²) >= 11 is 9.53. The summed E-state index contributed by atoms with van der Waals surface area (Å²) in [4.78, 5) is 25.1. The largest absolute Gasteiger partial charge is 0.485 e. The Balaban J connectivity index is 1.53. The van der Waals surface area contributed by atoms with Crippen LogP contribution in [-0.2, 0) is 0 Å². The van der Waals surface area contributed by atoms with E-state index >= 15 is 0 Å². The maximum atomic E-state index is 12.8. The van der Waals surface area contributed by atoms with Gasteiger partial charge >= 0.3 is 0 Å². The standard InChI is InChI=1S/C24H16BrClO4/c1-14-10-18(29-13-20(27)15-6-8-17(25)9-7-15)12-21-23(14)24(28)22(30-21)11-16-4-2-3-5-19(16)26/h2-12H,13H2,1H3/b22-11-. The lowest BCUT2D eigenvalue weighted by Gasteiger charge is -2.09. The summed E-state index contributed by atoms with van der Waals surface area (Å²) < 4.78 is 12.4. The Kier molecular flexibility index (Phi) is 5.75. The molecule has 0 bridgehead atoms. The van der Waals surface area contributed by atoms with Crippen LogP contribution < -0.4 is 9.47 Å². The van der Waals surface area contributed by atoms with Crippen LogP contribution in [0.5, 0.6) is 11.5 Å². The third-order valence-electron chi connectivity index (χ3n) is 4.67. The van der Waals surface area contributed by atoms with E-state index in [2.05, 4.69) is 15.9 Å². The number of hydrogen-bond donors (Lipinski definition) is 0. The van der Waals surface area contributed by atoms with E-state index in [0.29, 0.717) is 38.8 Å². The van der Waals surface area contributed by atoms with Crippen molar-refractivity contribution < 1.29 is 19.1 Å². The topological polar surface area (TPSA) is 52.6 Å². The van der Waals surface area contributed by atoms with Gasteiger partial charge in [0.2, 0.25) is 5.78 Å². The lowest BCUT2D eigenvalue weighted by Crippen LogP contribution is -2.11. The SMILES string of the molecule is Cc1cc(OCC(=O)c2ccc(Br)cc2)cc2c1C(=O)/C(=C/c1ccccc1Cl)O2. The molecule has 0 fully saturated rings. The maximum absolute atomic E-state index is 12.8. The highest BCUT2D eigenvalue weighted by Crippen LogP contribution is 2.38. The van der Waals surface area contributed by atoms with Gasteiger partial charge in [-0.15, -0.1) is 0 Å². The minimum atomic E-state index is -0.208. The van der Waals surface area contributed by atoms with Crippen LogP contribution in [0.1, 0.15) is 31.8 Å². The molecular formula is C24H16BrClO4. The Labute approximate surface area is 187 Å². The van der Waals surface area contributed by atoms with Gasteiger partial charge in [0.1, 0.15) is 11.5 Å². The molecule has 1 aliphatic rings. The van der Waals surface area contributed by atoms with E-state index in [4.69, 9.17) is 21.1 Å². The average Bonchev–Trinajstić information content (AvgIpc) is 3.04. The van der Waals surface area contributed by atoms with Crippen LogP contribution in [0.15, 0.2) is 70.9 Å². The molecule has 0 atom stereocenters. The lowest BCUT2D eigenvalue weighted by atomic mass is 10.0. The lowest BCUT2D eigenvalue weighted by molar-refractivity contribution is 0.0920. The highest BCUT2D eigenvalue weighted by molar-refractivity contribution is 9.10. The van der Waals surface area contributed by atoms with Crippen molar-refractivity contribution in [2.45, 2.75) is 6.92 Å². The first-order valence-corrected chi connectivity index (χ1v) is 10.3. The van der Waals surface area contributed by atoms with Crippen LogP contribution in [-0.4, -0.2) is 18.2 Å². The summed E-state index contributed by atoms with van der Waals surface area (Å²) in [5, 5.41) is 0.532. The molecule has 0 spiro atoms. The van der Waals surface area contributed by atoms with Crippen LogP contribution in [0.25, 0.3) is 6.08 Å². The predicted molar refractivity (Wildman–Crippen MR) is 120 cm³/mol. The van der Waals surface area contributed by atoms with Crippen LogP contribution in [0.3, 0.4) is 0 Å². The number of allylic oxidation sites excluding steroid dienone is 1. The molecule has 4 rings (SSSR count). The molecule has 3 aromatic rings. The number of halogens is 2. The highest BCUT2D eigenvalue weighted by atomic mass is 79.9. The normalized spacial score (nSPS) is 13.8. The number of carbonyl (C=O) groups is 2. The van der Waals surface area contributed by atoms with E-state index in [0.717, 1.165) is 4.47 Å². The number of benzene rings is 3. The van der Waals surface area contributed by atoms with Gasteiger partial charge in [-0.1, -0.05) is 57.9 Å². The van der Waals surface area contributed by atoms with Gasteiger partial charge in [0.25, 0.3) is 0 Å². The van der Waals surface area contributed by atoms with Gasteiger partial charge in [-0.05, 0) is 48.4 Å². The summed E-state index contributed by atoms with van der Waals surface area (Å²) in [6, 6.07) is 17.6. The monoisotopic (exact) mass is 482 g/mol. The molecule has 3 aromatic carbocycles. The second-order valence-electron chi connectivity index (χ2n) is 6.79. The van der Waals surface area contributed by atoms with Crippen LogP contribution in [0, 0.1) is 6.92 Å². The van der Waals surface area contributed by atoms with Crippen molar-refractivity contribution in [1.29, 1.82) is 0 Å². The number of Topliss-reactive ketones (excluding diaryl/α,β-unsaturated/α-hetero) is 2. The van der Waals surface area contributed by atoms with E-state index in [1.807, 2.05) is 25.1 Å². The van der Waals surface area contributed by atoms with Crippen LogP contribution in [0.2, 0.25) is 5.02 Å². The van der Waals surface area contributed by atoms with E-state index < -0.39 is 0 Å². The first-order valence-electron chi connectivity index (χ1n) is 9.17. The maximum Gasteiger partial charge on any atom is 0.232 e. The second kappa shape index (κ2) is 8.46. The van der Waals surface area contributed by atoms with Gasteiger partial charge in [-0.25, -0.2) is 0 Å². The minimum absolute atomic E-state index is 0.115. The summed E-state index contributed by atoms with van der Waals surface area (Å²) in [6.45, 7) is 1.69. The van der Waals surface area contributed by atoms with Crippen molar-refractivity contribution in [3.05, 3.63) is 98.2 Å². The molecule has 1 heterocycles. The zero-order valence-corrected chi connectivity index (χ0v) is 18.3. The fraction of sp³-hybridized carbons (Fsp3) is 0.0833. The Morgan fingerprint density at radius 2 is 1.87 bits per heavy atom. The summed E-state index contributed by atoms with van der Waals surface area (Å²) in [5.41, 5.74) is 2.46. The fourth-order valence-corrected chi connectivity index (χ4v) is 3.62. The molecule has 0 N–H and O–H groups in total. The minimum Gasteiger partial charge on any atom is -0.485 e. The number of hydrogen-bond acceptors (Lipinski definition) is 4. The van der Waals surface area contributed by atoms with Gasteiger partial charge in [-0.3, -0.25) is 9.59 Å². The molecule has 1 aliphatic heterocycles. The molecule has 0 unspecified atom stereocenters. The third kappa shape index (κ3) is 4.18. The van der Waals surface area contributed by atoms with Gasteiger partial charge in [-0.2, -0.15) is 0 Å². The number of fused-ring (bicyclic) bond motifs is 1. The van der Waals surface area contributed by atoms with Gasteiger partial charge in [0, 0.05) is 21.1 Å². The molecule has 0 amide bonds. The zero-order chi connectivity index (χ0) is 21.3. The summed E-state index contributed by atoms with van der Waals surface area (Å²) in [6.07, 6.45) is 1.63. The van der Waals surface area contributed by atoms with E-state index in [-0.39, 0.29) is 23.9 Å². The van der Waals surface area contributed by atoms with Gasteiger partial charge < -0.3 is 9.47 Å². The molecule has 0 aromatic heterocycles. The molecule has 0 saturated heterocycles. The van der Waals surface area contributed by atoms with Crippen molar-refractivity contribution in [1.82, 2.24) is 0 Å². The third-order valence-corrected chi connectivity index (χ3v) is 5.54. The molecular weight excluding hydrogens is 468 g/mol. The molecule has 0 saturated carbocycles. The van der Waals surface area contributed by atoms with E-state index in [1.165, 1.54) is 0 Å². The van der Waals surface area contributed by atoms with Crippen molar-refractivity contribution in [3.63, 3.8) is 0 Å². The number of carbonyl (C=O) groups excluding carboxylic acids is 2. The van der Waals surface area contributed by atoms with Crippen molar-refractivity contribution in [3.8, 4) is 11.5 Å². The number of aryl methyl sites for hydroxylation is 1. The first-order chi connectivity index (χ1) is 14.4. The quantitative estimate of drug-likeness (QED) is 0.316. The molecule has 0 aliphatic carbocycles. The summed E-state index contributed by atoms with van der Waals surface area (Å²) in [5.74, 6) is 0.717. The van der Waals surface area contributed by atoms with Crippen molar-refractivity contribution in [2.24, 2.45) is 0 Å². The fourth-order valence-electron chi connectivity index (χ4n) is 3.16. The molecule has 0 radical (unpaired) electrons. The smallest absolute Gasteiger partial charge is 0.232 e. The summed E-state index contributed by atoms with van der Waals surface area (Å²) in [7, 11) is 0. The van der Waals surface area contributed by atoms with Crippen molar-refractivity contribution >= 4 is 45.2 Å². The molecule has 4 nitrogen and oxygen atoms in total. The zero-order valence-electron chi connectivity index (χ0n) is 15.9. The molecule has 6 heteroatoms. The molecule has 150 valence electrons. The first kappa shape index (κ1) is 20.4.